The highest BCUT2D eigenvalue weighted by atomic mass is 15.3. The SMILES string of the molecule is CN=C(NCCCCN1CCC(C)CC1)NCc1nnc2ccccn12. The monoisotopic (exact) mass is 357 g/mol. The zero-order chi connectivity index (χ0) is 18.2. The number of nitrogens with zero attached hydrogens (tertiary/aromatic N) is 5. The van der Waals surface area contributed by atoms with E-state index in [1.54, 1.807) is 7.05 Å². The van der Waals surface area contributed by atoms with Gasteiger partial charge in [0.25, 0.3) is 0 Å². The number of rotatable bonds is 7. The van der Waals surface area contributed by atoms with Gasteiger partial charge in [0.1, 0.15) is 0 Å². The highest BCUT2D eigenvalue weighted by molar-refractivity contribution is 5.79. The first-order chi connectivity index (χ1) is 12.8. The smallest absolute Gasteiger partial charge is 0.191 e. The van der Waals surface area contributed by atoms with Gasteiger partial charge in [-0.2, -0.15) is 0 Å². The molecule has 2 aromatic rings. The molecule has 1 saturated heterocycles. The van der Waals surface area contributed by atoms with E-state index in [1.807, 2.05) is 28.8 Å². The largest absolute Gasteiger partial charge is 0.356 e. The second kappa shape index (κ2) is 9.52. The van der Waals surface area contributed by atoms with Crippen molar-refractivity contribution in [3.05, 3.63) is 30.2 Å². The fourth-order valence-electron chi connectivity index (χ4n) is 3.35. The summed E-state index contributed by atoms with van der Waals surface area (Å²) in [6.07, 6.45) is 7.07. The summed E-state index contributed by atoms with van der Waals surface area (Å²) in [7, 11) is 1.80. The summed E-state index contributed by atoms with van der Waals surface area (Å²) < 4.78 is 1.99. The average Bonchev–Trinajstić information content (AvgIpc) is 3.08. The van der Waals surface area contributed by atoms with Crippen molar-refractivity contribution in [1.29, 1.82) is 0 Å². The number of nitrogens with one attached hydrogen (secondary N) is 2. The topological polar surface area (TPSA) is 69.8 Å². The third kappa shape index (κ3) is 5.17. The summed E-state index contributed by atoms with van der Waals surface area (Å²) in [5.74, 6) is 2.59. The molecule has 3 rings (SSSR count). The molecule has 1 aliphatic rings. The molecule has 3 heterocycles. The van der Waals surface area contributed by atoms with Crippen LogP contribution in [-0.4, -0.2) is 58.7 Å². The lowest BCUT2D eigenvalue weighted by Crippen LogP contribution is -2.38. The molecular weight excluding hydrogens is 326 g/mol. The zero-order valence-electron chi connectivity index (χ0n) is 16.0. The van der Waals surface area contributed by atoms with E-state index >= 15 is 0 Å². The Labute approximate surface area is 155 Å². The van der Waals surface area contributed by atoms with Crippen LogP contribution >= 0.6 is 0 Å². The summed E-state index contributed by atoms with van der Waals surface area (Å²) in [4.78, 5) is 6.89. The van der Waals surface area contributed by atoms with E-state index in [9.17, 15) is 0 Å². The molecule has 7 heteroatoms. The summed E-state index contributed by atoms with van der Waals surface area (Å²) in [6, 6.07) is 5.90. The molecule has 0 bridgehead atoms. The number of guanidine groups is 1. The molecule has 1 fully saturated rings. The fraction of sp³-hybridized carbons (Fsp3) is 0.632. The standard InChI is InChI=1S/C19H31N7/c1-16-8-13-25(14-9-16)11-6-4-10-21-19(20-2)22-15-18-24-23-17-7-3-5-12-26(17)18/h3,5,7,12,16H,4,6,8-11,13-15H2,1-2H3,(H2,20,21,22). The van der Waals surface area contributed by atoms with Crippen molar-refractivity contribution in [3.63, 3.8) is 0 Å². The van der Waals surface area contributed by atoms with Gasteiger partial charge in [-0.15, -0.1) is 10.2 Å². The molecule has 0 atom stereocenters. The van der Waals surface area contributed by atoms with Crippen molar-refractivity contribution < 1.29 is 0 Å². The third-order valence-corrected chi connectivity index (χ3v) is 5.09. The highest BCUT2D eigenvalue weighted by Crippen LogP contribution is 2.16. The molecule has 2 aromatic heterocycles. The van der Waals surface area contributed by atoms with Crippen LogP contribution in [0.2, 0.25) is 0 Å². The van der Waals surface area contributed by atoms with Crippen LogP contribution in [0, 0.1) is 5.92 Å². The van der Waals surface area contributed by atoms with Gasteiger partial charge in [-0.05, 0) is 63.4 Å². The maximum Gasteiger partial charge on any atom is 0.191 e. The number of aliphatic imine (C=N–C) groups is 1. The van der Waals surface area contributed by atoms with Gasteiger partial charge in [0.05, 0.1) is 6.54 Å². The van der Waals surface area contributed by atoms with E-state index < -0.39 is 0 Å². The number of piperidine rings is 1. The Morgan fingerprint density at radius 1 is 1.19 bits per heavy atom. The first-order valence-electron chi connectivity index (χ1n) is 9.72. The van der Waals surface area contributed by atoms with Crippen molar-refractivity contribution in [1.82, 2.24) is 30.1 Å². The van der Waals surface area contributed by atoms with Crippen LogP contribution in [0.1, 0.15) is 38.4 Å². The number of hydrogen-bond donors (Lipinski definition) is 2. The molecule has 0 aromatic carbocycles. The average molecular weight is 358 g/mol. The number of likely N-dealkylation sites (tertiary alicyclic amines) is 1. The normalized spacial score (nSPS) is 16.9. The Hall–Kier alpha value is -2.15. The lowest BCUT2D eigenvalue weighted by atomic mass is 9.99. The molecule has 7 nitrogen and oxygen atoms in total. The van der Waals surface area contributed by atoms with E-state index in [4.69, 9.17) is 0 Å². The van der Waals surface area contributed by atoms with Crippen LogP contribution in [0.25, 0.3) is 5.65 Å². The molecule has 0 aliphatic carbocycles. The van der Waals surface area contributed by atoms with Crippen molar-refractivity contribution >= 4 is 11.6 Å². The van der Waals surface area contributed by atoms with Crippen LogP contribution < -0.4 is 10.6 Å². The summed E-state index contributed by atoms with van der Waals surface area (Å²) in [6.45, 7) is 7.64. The number of aromatic nitrogens is 3. The first kappa shape index (κ1) is 18.6. The summed E-state index contributed by atoms with van der Waals surface area (Å²) >= 11 is 0. The lowest BCUT2D eigenvalue weighted by Gasteiger charge is -2.30. The van der Waals surface area contributed by atoms with E-state index in [0.29, 0.717) is 6.54 Å². The molecule has 142 valence electrons. The van der Waals surface area contributed by atoms with Gasteiger partial charge < -0.3 is 15.5 Å². The van der Waals surface area contributed by atoms with Gasteiger partial charge >= 0.3 is 0 Å². The Morgan fingerprint density at radius 3 is 2.85 bits per heavy atom. The maximum absolute atomic E-state index is 4.29. The molecule has 0 spiro atoms. The van der Waals surface area contributed by atoms with Crippen LogP contribution in [-0.2, 0) is 6.54 Å². The molecule has 26 heavy (non-hydrogen) atoms. The van der Waals surface area contributed by atoms with E-state index in [0.717, 1.165) is 36.3 Å². The van der Waals surface area contributed by atoms with Gasteiger partial charge in [0.2, 0.25) is 0 Å². The van der Waals surface area contributed by atoms with Crippen molar-refractivity contribution in [3.8, 4) is 0 Å². The minimum Gasteiger partial charge on any atom is -0.356 e. The van der Waals surface area contributed by atoms with E-state index in [-0.39, 0.29) is 0 Å². The molecule has 1 aliphatic heterocycles. The molecule has 2 N–H and O–H groups in total. The Morgan fingerprint density at radius 2 is 2.04 bits per heavy atom. The minimum absolute atomic E-state index is 0.594. The van der Waals surface area contributed by atoms with Gasteiger partial charge in [-0.25, -0.2) is 0 Å². The minimum atomic E-state index is 0.594. The number of hydrogen-bond acceptors (Lipinski definition) is 4. The van der Waals surface area contributed by atoms with Gasteiger partial charge in [-0.1, -0.05) is 13.0 Å². The second-order valence-electron chi connectivity index (χ2n) is 7.13. The Kier molecular flexibility index (Phi) is 6.82. The highest BCUT2D eigenvalue weighted by Gasteiger charge is 2.14. The number of pyridine rings is 1. The van der Waals surface area contributed by atoms with Crippen molar-refractivity contribution in [2.75, 3.05) is 33.2 Å². The Bertz CT molecular complexity index is 701. The lowest BCUT2D eigenvalue weighted by molar-refractivity contribution is 0.189. The quantitative estimate of drug-likeness (QED) is 0.450. The third-order valence-electron chi connectivity index (χ3n) is 5.09. The van der Waals surface area contributed by atoms with Crippen LogP contribution in [0.15, 0.2) is 29.4 Å². The van der Waals surface area contributed by atoms with Crippen molar-refractivity contribution in [2.45, 2.75) is 39.2 Å². The molecule has 0 radical (unpaired) electrons. The second-order valence-corrected chi connectivity index (χ2v) is 7.13. The first-order valence-corrected chi connectivity index (χ1v) is 9.72. The molecule has 0 saturated carbocycles. The van der Waals surface area contributed by atoms with Crippen LogP contribution in [0.3, 0.4) is 0 Å². The van der Waals surface area contributed by atoms with Gasteiger partial charge in [0, 0.05) is 19.8 Å². The van der Waals surface area contributed by atoms with Crippen LogP contribution in [0.4, 0.5) is 0 Å². The van der Waals surface area contributed by atoms with Gasteiger partial charge in [-0.3, -0.25) is 9.39 Å². The molecule has 0 unspecified atom stereocenters. The predicted octanol–water partition coefficient (Wildman–Crippen LogP) is 1.91. The zero-order valence-corrected chi connectivity index (χ0v) is 16.0. The number of fused-ring (bicyclic) bond motifs is 1. The van der Waals surface area contributed by atoms with Gasteiger partial charge in [0.15, 0.2) is 17.4 Å². The van der Waals surface area contributed by atoms with Crippen molar-refractivity contribution in [2.24, 2.45) is 10.9 Å². The predicted molar refractivity (Wildman–Crippen MR) is 105 cm³/mol. The summed E-state index contributed by atoms with van der Waals surface area (Å²) in [5, 5.41) is 15.1. The number of unbranched alkanes of at least 4 members (excludes halogenated alkanes) is 1. The van der Waals surface area contributed by atoms with E-state index in [1.165, 1.54) is 38.9 Å². The van der Waals surface area contributed by atoms with E-state index in [2.05, 4.69) is 37.6 Å². The summed E-state index contributed by atoms with van der Waals surface area (Å²) in [5.41, 5.74) is 0.861. The molecule has 0 amide bonds. The fourth-order valence-corrected chi connectivity index (χ4v) is 3.35. The Balaban J connectivity index is 1.33. The molecular formula is C19H31N7. The van der Waals surface area contributed by atoms with Crippen LogP contribution in [0.5, 0.6) is 0 Å². The maximum atomic E-state index is 4.29.